The molecule has 0 saturated carbocycles. The maximum Gasteiger partial charge on any atom is 0.220 e. The van der Waals surface area contributed by atoms with Gasteiger partial charge in [-0.3, -0.25) is 9.78 Å². The van der Waals surface area contributed by atoms with Crippen LogP contribution in [-0.4, -0.2) is 20.7 Å². The van der Waals surface area contributed by atoms with Crippen LogP contribution in [0.2, 0.25) is 0 Å². The predicted octanol–water partition coefficient (Wildman–Crippen LogP) is 3.61. The van der Waals surface area contributed by atoms with Crippen LogP contribution < -0.4 is 5.73 Å². The number of nitrogens with zero attached hydrogens (tertiary/aromatic N) is 3. The summed E-state index contributed by atoms with van der Waals surface area (Å²) in [7, 11) is 0. The van der Waals surface area contributed by atoms with Crippen LogP contribution in [-0.2, 0) is 0 Å². The van der Waals surface area contributed by atoms with Crippen molar-refractivity contribution in [2.45, 2.75) is 19.8 Å². The first kappa shape index (κ1) is 16.7. The highest BCUT2D eigenvalue weighted by Crippen LogP contribution is 2.30. The summed E-state index contributed by atoms with van der Waals surface area (Å²) >= 11 is 0. The molecule has 5 nitrogen and oxygen atoms in total. The monoisotopic (exact) mass is 336 g/mol. The van der Waals surface area contributed by atoms with E-state index in [-0.39, 0.29) is 23.5 Å². The number of hydrogen-bond donors (Lipinski definition) is 1. The van der Waals surface area contributed by atoms with Crippen LogP contribution in [0.4, 0.5) is 10.3 Å². The number of benzene rings is 1. The van der Waals surface area contributed by atoms with E-state index in [1.54, 1.807) is 30.5 Å². The van der Waals surface area contributed by atoms with E-state index >= 15 is 0 Å². The second kappa shape index (κ2) is 6.76. The topological polar surface area (TPSA) is 81.8 Å². The summed E-state index contributed by atoms with van der Waals surface area (Å²) in [6.45, 7) is 3.85. The van der Waals surface area contributed by atoms with E-state index in [4.69, 9.17) is 5.73 Å². The Morgan fingerprint density at radius 2 is 1.84 bits per heavy atom. The van der Waals surface area contributed by atoms with Gasteiger partial charge < -0.3 is 5.73 Å². The van der Waals surface area contributed by atoms with Gasteiger partial charge in [0.2, 0.25) is 5.95 Å². The van der Waals surface area contributed by atoms with Gasteiger partial charge in [0.05, 0.1) is 17.0 Å². The van der Waals surface area contributed by atoms with Crippen molar-refractivity contribution in [1.29, 1.82) is 0 Å². The fraction of sp³-hybridized carbons (Fsp3) is 0.158. The summed E-state index contributed by atoms with van der Waals surface area (Å²) in [4.78, 5) is 25.7. The molecule has 0 radical (unpaired) electrons. The Morgan fingerprint density at radius 3 is 2.44 bits per heavy atom. The average Bonchev–Trinajstić information content (AvgIpc) is 2.61. The molecule has 6 heteroatoms. The third kappa shape index (κ3) is 3.38. The summed E-state index contributed by atoms with van der Waals surface area (Å²) in [6, 6.07) is 9.16. The molecule has 0 aliphatic heterocycles. The van der Waals surface area contributed by atoms with Gasteiger partial charge in [0.15, 0.2) is 5.78 Å². The normalized spacial score (nSPS) is 10.9. The number of carbonyl (C=O) groups excluding carboxylic acids is 1. The SMILES string of the molecule is CC(C)c1nc(N)nc(-c2ccc(F)cc2)c1C(=O)c1cccnc1. The van der Waals surface area contributed by atoms with Crippen molar-refractivity contribution in [3.05, 3.63) is 71.4 Å². The largest absolute Gasteiger partial charge is 0.368 e. The van der Waals surface area contributed by atoms with Crippen molar-refractivity contribution in [1.82, 2.24) is 15.0 Å². The van der Waals surface area contributed by atoms with Gasteiger partial charge in [-0.15, -0.1) is 0 Å². The van der Waals surface area contributed by atoms with E-state index in [0.29, 0.717) is 28.1 Å². The van der Waals surface area contributed by atoms with Crippen molar-refractivity contribution in [3.63, 3.8) is 0 Å². The molecule has 0 fully saturated rings. The van der Waals surface area contributed by atoms with Crippen molar-refractivity contribution >= 4 is 11.7 Å². The Morgan fingerprint density at radius 1 is 1.12 bits per heavy atom. The minimum Gasteiger partial charge on any atom is -0.368 e. The highest BCUT2D eigenvalue weighted by molar-refractivity contribution is 6.13. The summed E-state index contributed by atoms with van der Waals surface area (Å²) in [5.41, 5.74) is 8.20. The number of hydrogen-bond acceptors (Lipinski definition) is 5. The van der Waals surface area contributed by atoms with Crippen LogP contribution >= 0.6 is 0 Å². The minimum atomic E-state index is -0.366. The molecule has 0 saturated heterocycles. The summed E-state index contributed by atoms with van der Waals surface area (Å²) in [6.07, 6.45) is 3.09. The Hall–Kier alpha value is -3.15. The number of ketones is 1. The van der Waals surface area contributed by atoms with E-state index in [2.05, 4.69) is 15.0 Å². The number of halogens is 1. The van der Waals surface area contributed by atoms with E-state index in [1.165, 1.54) is 18.3 Å². The number of nitrogens with two attached hydrogens (primary N) is 1. The molecular weight excluding hydrogens is 319 g/mol. The van der Waals surface area contributed by atoms with E-state index in [0.717, 1.165) is 0 Å². The van der Waals surface area contributed by atoms with Crippen molar-refractivity contribution in [2.75, 3.05) is 5.73 Å². The maximum atomic E-state index is 13.3. The average molecular weight is 336 g/mol. The summed E-state index contributed by atoms with van der Waals surface area (Å²) in [5.74, 6) is -0.572. The predicted molar refractivity (Wildman–Crippen MR) is 93.6 cm³/mol. The number of nitrogen functional groups attached to an aromatic ring is 1. The Balaban J connectivity index is 2.27. The lowest BCUT2D eigenvalue weighted by atomic mass is 9.93. The van der Waals surface area contributed by atoms with Gasteiger partial charge in [-0.2, -0.15) is 0 Å². The van der Waals surface area contributed by atoms with Crippen molar-refractivity contribution in [2.24, 2.45) is 0 Å². The lowest BCUT2D eigenvalue weighted by Crippen LogP contribution is -2.14. The van der Waals surface area contributed by atoms with Gasteiger partial charge in [0, 0.05) is 23.5 Å². The fourth-order valence-electron chi connectivity index (χ4n) is 2.60. The van der Waals surface area contributed by atoms with Crippen molar-refractivity contribution in [3.8, 4) is 11.3 Å². The maximum absolute atomic E-state index is 13.3. The van der Waals surface area contributed by atoms with Crippen LogP contribution in [0, 0.1) is 5.82 Å². The third-order valence-corrected chi connectivity index (χ3v) is 3.77. The molecule has 3 rings (SSSR count). The molecule has 1 aromatic carbocycles. The number of pyridine rings is 1. The van der Waals surface area contributed by atoms with Gasteiger partial charge in [-0.1, -0.05) is 13.8 Å². The summed E-state index contributed by atoms with van der Waals surface area (Å²) in [5, 5.41) is 0. The smallest absolute Gasteiger partial charge is 0.220 e. The van der Waals surface area contributed by atoms with E-state index in [9.17, 15) is 9.18 Å². The van der Waals surface area contributed by atoms with Crippen LogP contribution in [0.5, 0.6) is 0 Å². The first-order valence-electron chi connectivity index (χ1n) is 7.85. The van der Waals surface area contributed by atoms with Crippen LogP contribution in [0.3, 0.4) is 0 Å². The molecule has 2 heterocycles. The van der Waals surface area contributed by atoms with Gasteiger partial charge in [-0.05, 0) is 42.3 Å². The quantitative estimate of drug-likeness (QED) is 0.736. The molecule has 0 aliphatic carbocycles. The summed E-state index contributed by atoms with van der Waals surface area (Å²) < 4.78 is 13.3. The number of carbonyl (C=O) groups is 1. The Bertz CT molecular complexity index is 909. The number of rotatable bonds is 4. The second-order valence-corrected chi connectivity index (χ2v) is 5.92. The third-order valence-electron chi connectivity index (χ3n) is 3.77. The highest BCUT2D eigenvalue weighted by Gasteiger charge is 2.24. The van der Waals surface area contributed by atoms with Crippen LogP contribution in [0.1, 0.15) is 41.4 Å². The van der Waals surface area contributed by atoms with Gasteiger partial charge in [0.1, 0.15) is 5.82 Å². The lowest BCUT2D eigenvalue weighted by molar-refractivity contribution is 0.103. The standard InChI is InChI=1S/C19H17FN4O/c1-11(2)16-15(18(25)13-4-3-9-22-10-13)17(24-19(21)23-16)12-5-7-14(20)8-6-12/h3-11H,1-2H3,(H2,21,23,24). The molecule has 0 unspecified atom stereocenters. The minimum absolute atomic E-state index is 0.0416. The molecule has 0 aliphatic rings. The molecule has 25 heavy (non-hydrogen) atoms. The van der Waals surface area contributed by atoms with Crippen LogP contribution in [0.25, 0.3) is 11.3 Å². The zero-order valence-corrected chi connectivity index (χ0v) is 13.9. The molecule has 0 bridgehead atoms. The van der Waals surface area contributed by atoms with Gasteiger partial charge >= 0.3 is 0 Å². The van der Waals surface area contributed by atoms with Crippen molar-refractivity contribution < 1.29 is 9.18 Å². The molecule has 126 valence electrons. The molecule has 2 aromatic heterocycles. The molecule has 2 N–H and O–H groups in total. The van der Waals surface area contributed by atoms with Gasteiger partial charge in [-0.25, -0.2) is 14.4 Å². The van der Waals surface area contributed by atoms with E-state index < -0.39 is 0 Å². The fourth-order valence-corrected chi connectivity index (χ4v) is 2.60. The van der Waals surface area contributed by atoms with Crippen LogP contribution in [0.15, 0.2) is 48.8 Å². The zero-order valence-electron chi connectivity index (χ0n) is 13.9. The van der Waals surface area contributed by atoms with E-state index in [1.807, 2.05) is 13.8 Å². The lowest BCUT2D eigenvalue weighted by Gasteiger charge is -2.16. The number of aromatic nitrogens is 3. The second-order valence-electron chi connectivity index (χ2n) is 5.92. The zero-order chi connectivity index (χ0) is 18.0. The van der Waals surface area contributed by atoms with Gasteiger partial charge in [0.25, 0.3) is 0 Å². The molecule has 0 spiro atoms. The highest BCUT2D eigenvalue weighted by atomic mass is 19.1. The first-order valence-corrected chi connectivity index (χ1v) is 7.85. The number of anilines is 1. The Kier molecular flexibility index (Phi) is 4.52. The molecule has 0 atom stereocenters. The molecule has 3 aromatic rings. The molecular formula is C19H17FN4O. The Labute approximate surface area is 144 Å². The molecule has 0 amide bonds. The first-order chi connectivity index (χ1) is 12.0.